The van der Waals surface area contributed by atoms with Crippen molar-refractivity contribution in [2.75, 3.05) is 10.6 Å². The fraction of sp³-hybridized carbons (Fsp3) is 0.278. The van der Waals surface area contributed by atoms with Crippen LogP contribution < -0.4 is 10.6 Å². The second-order valence-corrected chi connectivity index (χ2v) is 5.86. The molecule has 1 aliphatic rings. The second-order valence-electron chi connectivity index (χ2n) is 5.86. The van der Waals surface area contributed by atoms with E-state index in [1.807, 2.05) is 37.3 Å². The summed E-state index contributed by atoms with van der Waals surface area (Å²) in [6.07, 6.45) is 3.22. The van der Waals surface area contributed by atoms with E-state index in [2.05, 4.69) is 15.6 Å². The topological polar surface area (TPSA) is 71.1 Å². The number of anilines is 2. The number of amides is 2. The summed E-state index contributed by atoms with van der Waals surface area (Å²) >= 11 is 0. The van der Waals surface area contributed by atoms with Gasteiger partial charge in [0.2, 0.25) is 11.8 Å². The number of rotatable bonds is 4. The van der Waals surface area contributed by atoms with Crippen molar-refractivity contribution in [3.05, 3.63) is 53.7 Å². The average molecular weight is 309 g/mol. The van der Waals surface area contributed by atoms with Crippen molar-refractivity contribution in [2.24, 2.45) is 5.92 Å². The minimum Gasteiger partial charge on any atom is -0.326 e. The highest BCUT2D eigenvalue weighted by Gasteiger charge is 2.26. The Bertz CT molecular complexity index is 725. The van der Waals surface area contributed by atoms with Crippen molar-refractivity contribution in [3.8, 4) is 0 Å². The van der Waals surface area contributed by atoms with Crippen molar-refractivity contribution in [3.63, 3.8) is 0 Å². The Hall–Kier alpha value is -2.69. The molecule has 0 saturated heterocycles. The third-order valence-electron chi connectivity index (χ3n) is 4.01. The largest absolute Gasteiger partial charge is 0.326 e. The van der Waals surface area contributed by atoms with Crippen LogP contribution in [0.1, 0.15) is 24.0 Å². The summed E-state index contributed by atoms with van der Waals surface area (Å²) in [5, 5.41) is 5.67. The zero-order chi connectivity index (χ0) is 16.2. The maximum absolute atomic E-state index is 12.1. The van der Waals surface area contributed by atoms with Gasteiger partial charge in [0.15, 0.2) is 0 Å². The van der Waals surface area contributed by atoms with Gasteiger partial charge in [-0.1, -0.05) is 24.3 Å². The van der Waals surface area contributed by atoms with Gasteiger partial charge in [0.25, 0.3) is 0 Å². The van der Waals surface area contributed by atoms with Crippen molar-refractivity contribution in [1.29, 1.82) is 0 Å². The van der Waals surface area contributed by atoms with Crippen LogP contribution in [0, 0.1) is 12.8 Å². The third kappa shape index (κ3) is 3.74. The molecule has 5 heteroatoms. The summed E-state index contributed by atoms with van der Waals surface area (Å²) in [6, 6.07) is 11.5. The molecule has 0 aliphatic carbocycles. The second kappa shape index (κ2) is 6.60. The van der Waals surface area contributed by atoms with Gasteiger partial charge in [-0.25, -0.2) is 4.98 Å². The number of pyridine rings is 1. The molecule has 1 aromatic heterocycles. The van der Waals surface area contributed by atoms with Crippen molar-refractivity contribution in [2.45, 2.75) is 26.2 Å². The van der Waals surface area contributed by atoms with Crippen LogP contribution in [-0.2, 0) is 16.0 Å². The van der Waals surface area contributed by atoms with Crippen LogP contribution in [-0.4, -0.2) is 16.8 Å². The monoisotopic (exact) mass is 309 g/mol. The molecule has 2 N–H and O–H groups in total. The zero-order valence-corrected chi connectivity index (χ0v) is 13.0. The number of benzene rings is 1. The van der Waals surface area contributed by atoms with Gasteiger partial charge < -0.3 is 10.6 Å². The van der Waals surface area contributed by atoms with Gasteiger partial charge in [-0.15, -0.1) is 0 Å². The van der Waals surface area contributed by atoms with Crippen molar-refractivity contribution in [1.82, 2.24) is 4.98 Å². The normalized spacial score (nSPS) is 16.4. The van der Waals surface area contributed by atoms with Gasteiger partial charge in [0.05, 0.1) is 0 Å². The molecule has 23 heavy (non-hydrogen) atoms. The van der Waals surface area contributed by atoms with E-state index < -0.39 is 0 Å². The Morgan fingerprint density at radius 1 is 1.30 bits per heavy atom. The van der Waals surface area contributed by atoms with Crippen LogP contribution in [0.4, 0.5) is 11.5 Å². The zero-order valence-electron chi connectivity index (χ0n) is 13.0. The van der Waals surface area contributed by atoms with E-state index in [0.29, 0.717) is 25.1 Å². The number of nitrogens with zero attached hydrogens (tertiary/aromatic N) is 1. The molecule has 0 saturated carbocycles. The lowest BCUT2D eigenvalue weighted by molar-refractivity contribution is -0.121. The van der Waals surface area contributed by atoms with E-state index in [4.69, 9.17) is 0 Å². The SMILES string of the molecule is Cc1ccc(NC(=O)CCC2Cc3ccccc3NC2=O)nc1. The number of fused-ring (bicyclic) bond motifs is 1. The molecule has 1 aliphatic heterocycles. The number of carbonyl (C=O) groups excluding carboxylic acids is 2. The number of hydrogen-bond donors (Lipinski definition) is 2. The van der Waals surface area contributed by atoms with E-state index in [1.165, 1.54) is 0 Å². The van der Waals surface area contributed by atoms with Gasteiger partial charge in [-0.05, 0) is 43.0 Å². The van der Waals surface area contributed by atoms with Gasteiger partial charge in [0, 0.05) is 24.2 Å². The quantitative estimate of drug-likeness (QED) is 0.912. The molecular formula is C18H19N3O2. The predicted molar refractivity (Wildman–Crippen MR) is 89.1 cm³/mol. The molecule has 0 spiro atoms. The lowest BCUT2D eigenvalue weighted by Gasteiger charge is -2.24. The first kappa shape index (κ1) is 15.2. The molecule has 2 aromatic rings. The summed E-state index contributed by atoms with van der Waals surface area (Å²) < 4.78 is 0. The van der Waals surface area contributed by atoms with Gasteiger partial charge in [-0.3, -0.25) is 9.59 Å². The molecule has 118 valence electrons. The van der Waals surface area contributed by atoms with E-state index in [9.17, 15) is 9.59 Å². The summed E-state index contributed by atoms with van der Waals surface area (Å²) in [5.41, 5.74) is 3.04. The third-order valence-corrected chi connectivity index (χ3v) is 4.01. The van der Waals surface area contributed by atoms with Gasteiger partial charge in [-0.2, -0.15) is 0 Å². The molecule has 5 nitrogen and oxygen atoms in total. The summed E-state index contributed by atoms with van der Waals surface area (Å²) in [7, 11) is 0. The summed E-state index contributed by atoms with van der Waals surface area (Å²) in [4.78, 5) is 28.3. The predicted octanol–water partition coefficient (Wildman–Crippen LogP) is 2.92. The minimum atomic E-state index is -0.165. The number of nitrogens with one attached hydrogen (secondary N) is 2. The highest BCUT2D eigenvalue weighted by molar-refractivity contribution is 5.96. The molecule has 0 fully saturated rings. The molecule has 3 rings (SSSR count). The van der Waals surface area contributed by atoms with Gasteiger partial charge in [0.1, 0.15) is 5.82 Å². The van der Waals surface area contributed by atoms with Crippen LogP contribution in [0.5, 0.6) is 0 Å². The number of aryl methyl sites for hydroxylation is 1. The molecule has 0 radical (unpaired) electrons. The molecule has 2 amide bonds. The van der Waals surface area contributed by atoms with E-state index in [0.717, 1.165) is 16.8 Å². The van der Waals surface area contributed by atoms with Crippen LogP contribution in [0.2, 0.25) is 0 Å². The van der Waals surface area contributed by atoms with Crippen LogP contribution in [0.3, 0.4) is 0 Å². The van der Waals surface area contributed by atoms with E-state index in [-0.39, 0.29) is 17.7 Å². The molecular weight excluding hydrogens is 290 g/mol. The van der Waals surface area contributed by atoms with Crippen LogP contribution >= 0.6 is 0 Å². The molecule has 1 atom stereocenters. The highest BCUT2D eigenvalue weighted by Crippen LogP contribution is 2.27. The standard InChI is InChI=1S/C18H19N3O2/c1-12-6-8-16(19-11-12)21-17(22)9-7-14-10-13-4-2-3-5-15(13)20-18(14)23/h2-6,8,11,14H,7,9-10H2,1H3,(H,20,23)(H,19,21,22). The Labute approximate surface area is 135 Å². The Morgan fingerprint density at radius 2 is 2.13 bits per heavy atom. The van der Waals surface area contributed by atoms with Crippen LogP contribution in [0.15, 0.2) is 42.6 Å². The lowest BCUT2D eigenvalue weighted by Crippen LogP contribution is -2.30. The molecule has 1 aromatic carbocycles. The molecule has 2 heterocycles. The fourth-order valence-corrected chi connectivity index (χ4v) is 2.70. The Kier molecular flexibility index (Phi) is 4.37. The summed E-state index contributed by atoms with van der Waals surface area (Å²) in [5.74, 6) is 0.249. The highest BCUT2D eigenvalue weighted by atomic mass is 16.2. The first-order valence-electron chi connectivity index (χ1n) is 7.73. The fourth-order valence-electron chi connectivity index (χ4n) is 2.70. The van der Waals surface area contributed by atoms with E-state index in [1.54, 1.807) is 12.3 Å². The van der Waals surface area contributed by atoms with E-state index >= 15 is 0 Å². The number of aromatic nitrogens is 1. The minimum absolute atomic E-state index is 0.00930. The van der Waals surface area contributed by atoms with Crippen molar-refractivity contribution >= 4 is 23.3 Å². The number of hydrogen-bond acceptors (Lipinski definition) is 3. The maximum atomic E-state index is 12.1. The number of carbonyl (C=O) groups is 2. The average Bonchev–Trinajstić information content (AvgIpc) is 2.55. The molecule has 0 bridgehead atoms. The molecule has 1 unspecified atom stereocenters. The first-order valence-corrected chi connectivity index (χ1v) is 7.73. The number of para-hydroxylation sites is 1. The Balaban J connectivity index is 1.55. The van der Waals surface area contributed by atoms with Gasteiger partial charge >= 0.3 is 0 Å². The van der Waals surface area contributed by atoms with Crippen LogP contribution in [0.25, 0.3) is 0 Å². The lowest BCUT2D eigenvalue weighted by atomic mass is 9.89. The smallest absolute Gasteiger partial charge is 0.227 e. The first-order chi connectivity index (χ1) is 11.1. The van der Waals surface area contributed by atoms with Crippen molar-refractivity contribution < 1.29 is 9.59 Å². The Morgan fingerprint density at radius 3 is 2.91 bits per heavy atom. The maximum Gasteiger partial charge on any atom is 0.227 e. The summed E-state index contributed by atoms with van der Waals surface area (Å²) in [6.45, 7) is 1.94.